The van der Waals surface area contributed by atoms with Gasteiger partial charge in [0.1, 0.15) is 5.75 Å². The van der Waals surface area contributed by atoms with Gasteiger partial charge < -0.3 is 19.0 Å². The maximum absolute atomic E-state index is 12.6. The van der Waals surface area contributed by atoms with Crippen LogP contribution in [0.25, 0.3) is 0 Å². The number of rotatable bonds is 7. The van der Waals surface area contributed by atoms with Crippen molar-refractivity contribution >= 4 is 35.0 Å². The van der Waals surface area contributed by atoms with E-state index in [1.54, 1.807) is 7.11 Å². The highest BCUT2D eigenvalue weighted by Crippen LogP contribution is 2.22. The van der Waals surface area contributed by atoms with Crippen LogP contribution in [0, 0.1) is 0 Å². The van der Waals surface area contributed by atoms with E-state index in [1.807, 2.05) is 53.4 Å². The van der Waals surface area contributed by atoms with Crippen LogP contribution in [-0.2, 0) is 11.2 Å². The number of nitrogens with zero attached hydrogens (tertiary/aromatic N) is 4. The fraction of sp³-hybridized carbons (Fsp3) is 0.318. The zero-order valence-corrected chi connectivity index (χ0v) is 18.7. The standard InChI is InChI=1S/C22H23ClN4O3S/c1-29-19-7-2-4-16(12-19)13-20-24-25-22(30-20)31-15-21(28)27-10-8-26(9-11-27)18-6-3-5-17(23)14-18/h2-7,12,14H,8-11,13,15H2,1H3. The fourth-order valence-corrected chi connectivity index (χ4v) is 4.29. The molecule has 9 heteroatoms. The first-order valence-electron chi connectivity index (χ1n) is 9.97. The van der Waals surface area contributed by atoms with Crippen LogP contribution in [-0.4, -0.2) is 60.0 Å². The van der Waals surface area contributed by atoms with Crippen molar-refractivity contribution in [3.63, 3.8) is 0 Å². The number of carbonyl (C=O) groups is 1. The van der Waals surface area contributed by atoms with Crippen molar-refractivity contribution in [3.05, 3.63) is 65.0 Å². The van der Waals surface area contributed by atoms with Gasteiger partial charge in [-0.1, -0.05) is 41.6 Å². The number of anilines is 1. The summed E-state index contributed by atoms with van der Waals surface area (Å²) in [4.78, 5) is 16.7. The molecule has 0 saturated carbocycles. The third-order valence-electron chi connectivity index (χ3n) is 5.06. The lowest BCUT2D eigenvalue weighted by atomic mass is 10.1. The second kappa shape index (κ2) is 10.1. The Morgan fingerprint density at radius 3 is 2.71 bits per heavy atom. The minimum Gasteiger partial charge on any atom is -0.497 e. The van der Waals surface area contributed by atoms with Gasteiger partial charge in [0.25, 0.3) is 5.22 Å². The summed E-state index contributed by atoms with van der Waals surface area (Å²) in [6.45, 7) is 2.91. The molecule has 162 valence electrons. The number of hydrogen-bond donors (Lipinski definition) is 0. The van der Waals surface area contributed by atoms with Crippen molar-refractivity contribution in [2.24, 2.45) is 0 Å². The smallest absolute Gasteiger partial charge is 0.277 e. The SMILES string of the molecule is COc1cccc(Cc2nnc(SCC(=O)N3CCN(c4cccc(Cl)c4)CC3)o2)c1. The van der Waals surface area contributed by atoms with Crippen LogP contribution >= 0.6 is 23.4 Å². The molecule has 2 aromatic carbocycles. The van der Waals surface area contributed by atoms with Gasteiger partial charge in [0.2, 0.25) is 11.8 Å². The summed E-state index contributed by atoms with van der Waals surface area (Å²) in [5, 5.41) is 9.27. The van der Waals surface area contributed by atoms with Gasteiger partial charge >= 0.3 is 0 Å². The van der Waals surface area contributed by atoms with Crippen molar-refractivity contribution in [3.8, 4) is 5.75 Å². The monoisotopic (exact) mass is 458 g/mol. The molecule has 0 atom stereocenters. The minimum atomic E-state index is 0.0725. The first-order chi connectivity index (χ1) is 15.1. The molecule has 0 radical (unpaired) electrons. The molecule has 0 unspecified atom stereocenters. The molecule has 0 bridgehead atoms. The van der Waals surface area contributed by atoms with Crippen molar-refractivity contribution in [2.45, 2.75) is 11.6 Å². The van der Waals surface area contributed by atoms with Crippen LogP contribution in [0.15, 0.2) is 58.2 Å². The van der Waals surface area contributed by atoms with E-state index in [9.17, 15) is 4.79 Å². The molecule has 7 nitrogen and oxygen atoms in total. The molecule has 4 rings (SSSR count). The molecule has 1 aliphatic rings. The maximum Gasteiger partial charge on any atom is 0.277 e. The lowest BCUT2D eigenvalue weighted by Gasteiger charge is -2.36. The molecular formula is C22H23ClN4O3S. The number of piperazine rings is 1. The Kier molecular flexibility index (Phi) is 6.99. The second-order valence-electron chi connectivity index (χ2n) is 7.13. The molecule has 0 aliphatic carbocycles. The largest absolute Gasteiger partial charge is 0.497 e. The Hall–Kier alpha value is -2.71. The zero-order valence-electron chi connectivity index (χ0n) is 17.2. The van der Waals surface area contributed by atoms with Crippen molar-refractivity contribution < 1.29 is 13.9 Å². The van der Waals surface area contributed by atoms with Gasteiger partial charge in [-0.05, 0) is 35.9 Å². The highest BCUT2D eigenvalue weighted by Gasteiger charge is 2.22. The number of thioether (sulfide) groups is 1. The fourth-order valence-electron chi connectivity index (χ4n) is 3.43. The molecule has 1 aromatic heterocycles. The third kappa shape index (κ3) is 5.71. The van der Waals surface area contributed by atoms with E-state index in [0.29, 0.717) is 30.6 Å². The summed E-state index contributed by atoms with van der Waals surface area (Å²) in [5.41, 5.74) is 2.11. The summed E-state index contributed by atoms with van der Waals surface area (Å²) in [5.74, 6) is 1.65. The normalized spacial score (nSPS) is 14.0. The van der Waals surface area contributed by atoms with Crippen molar-refractivity contribution in [1.82, 2.24) is 15.1 Å². The summed E-state index contributed by atoms with van der Waals surface area (Å²) in [6, 6.07) is 15.5. The topological polar surface area (TPSA) is 71.7 Å². The van der Waals surface area contributed by atoms with E-state index < -0.39 is 0 Å². The molecule has 31 heavy (non-hydrogen) atoms. The van der Waals surface area contributed by atoms with Crippen LogP contribution in [0.2, 0.25) is 5.02 Å². The van der Waals surface area contributed by atoms with Gasteiger partial charge in [-0.25, -0.2) is 0 Å². The molecule has 3 aromatic rings. The first kappa shape index (κ1) is 21.5. The van der Waals surface area contributed by atoms with Crippen LogP contribution in [0.1, 0.15) is 11.5 Å². The van der Waals surface area contributed by atoms with Crippen LogP contribution in [0.4, 0.5) is 5.69 Å². The molecule has 1 aliphatic heterocycles. The summed E-state index contributed by atoms with van der Waals surface area (Å²) in [6.07, 6.45) is 0.518. The summed E-state index contributed by atoms with van der Waals surface area (Å²) < 4.78 is 10.9. The van der Waals surface area contributed by atoms with Crippen LogP contribution in [0.3, 0.4) is 0 Å². The van der Waals surface area contributed by atoms with E-state index in [2.05, 4.69) is 15.1 Å². The molecular weight excluding hydrogens is 436 g/mol. The molecule has 0 spiro atoms. The van der Waals surface area contributed by atoms with Gasteiger partial charge in [0.05, 0.1) is 19.3 Å². The van der Waals surface area contributed by atoms with Gasteiger partial charge in [0.15, 0.2) is 0 Å². The maximum atomic E-state index is 12.6. The lowest BCUT2D eigenvalue weighted by Crippen LogP contribution is -2.49. The highest BCUT2D eigenvalue weighted by atomic mass is 35.5. The number of methoxy groups -OCH3 is 1. The molecule has 0 N–H and O–H groups in total. The number of carbonyl (C=O) groups excluding carboxylic acids is 1. The van der Waals surface area contributed by atoms with Gasteiger partial charge in [-0.15, -0.1) is 10.2 Å². The predicted molar refractivity (Wildman–Crippen MR) is 121 cm³/mol. The Balaban J connectivity index is 1.25. The number of hydrogen-bond acceptors (Lipinski definition) is 7. The Morgan fingerprint density at radius 1 is 1.13 bits per heavy atom. The molecule has 2 heterocycles. The summed E-state index contributed by atoms with van der Waals surface area (Å²) in [7, 11) is 1.63. The van der Waals surface area contributed by atoms with Crippen molar-refractivity contribution in [2.75, 3.05) is 43.9 Å². The minimum absolute atomic E-state index is 0.0725. The number of aromatic nitrogens is 2. The number of amides is 1. The quantitative estimate of drug-likeness (QED) is 0.499. The predicted octanol–water partition coefficient (Wildman–Crippen LogP) is 3.76. The first-order valence-corrected chi connectivity index (χ1v) is 11.3. The Morgan fingerprint density at radius 2 is 1.94 bits per heavy atom. The lowest BCUT2D eigenvalue weighted by molar-refractivity contribution is -0.128. The second-order valence-corrected chi connectivity index (χ2v) is 8.49. The highest BCUT2D eigenvalue weighted by molar-refractivity contribution is 7.99. The van der Waals surface area contributed by atoms with E-state index >= 15 is 0 Å². The Labute approximate surface area is 190 Å². The molecule has 1 fully saturated rings. The average molecular weight is 459 g/mol. The molecule has 1 amide bonds. The zero-order chi connectivity index (χ0) is 21.6. The number of halogens is 1. The van der Waals surface area contributed by atoms with E-state index in [0.717, 1.165) is 35.1 Å². The van der Waals surface area contributed by atoms with Gasteiger partial charge in [-0.2, -0.15) is 0 Å². The van der Waals surface area contributed by atoms with Crippen LogP contribution in [0.5, 0.6) is 5.75 Å². The van der Waals surface area contributed by atoms with Gasteiger partial charge in [-0.3, -0.25) is 4.79 Å². The van der Waals surface area contributed by atoms with E-state index in [1.165, 1.54) is 11.8 Å². The molecule has 1 saturated heterocycles. The van der Waals surface area contributed by atoms with Crippen LogP contribution < -0.4 is 9.64 Å². The Bertz CT molecular complexity index is 1040. The van der Waals surface area contributed by atoms with Gasteiger partial charge in [0, 0.05) is 36.9 Å². The number of benzene rings is 2. The average Bonchev–Trinajstić information content (AvgIpc) is 3.25. The summed E-state index contributed by atoms with van der Waals surface area (Å²) >= 11 is 7.36. The van der Waals surface area contributed by atoms with E-state index in [-0.39, 0.29) is 11.7 Å². The van der Waals surface area contributed by atoms with E-state index in [4.69, 9.17) is 20.8 Å². The number of ether oxygens (including phenoxy) is 1. The third-order valence-corrected chi connectivity index (χ3v) is 6.10. The van der Waals surface area contributed by atoms with Crippen molar-refractivity contribution in [1.29, 1.82) is 0 Å².